The monoisotopic (exact) mass is 169 g/mol. The summed E-state index contributed by atoms with van der Waals surface area (Å²) in [6, 6.07) is 0. The first-order valence-electron chi connectivity index (χ1n) is 5.41. The molecule has 72 valence electrons. The third kappa shape index (κ3) is 2.22. The van der Waals surface area contributed by atoms with Gasteiger partial charge in [-0.2, -0.15) is 0 Å². The lowest BCUT2D eigenvalue weighted by Crippen LogP contribution is -2.52. The van der Waals surface area contributed by atoms with Gasteiger partial charge in [-0.1, -0.05) is 33.1 Å². The van der Waals surface area contributed by atoms with Crippen LogP contribution in [-0.2, 0) is 0 Å². The molecule has 0 radical (unpaired) electrons. The van der Waals surface area contributed by atoms with Gasteiger partial charge >= 0.3 is 0 Å². The van der Waals surface area contributed by atoms with Crippen molar-refractivity contribution in [2.75, 3.05) is 20.1 Å². The lowest BCUT2D eigenvalue weighted by Gasteiger charge is -2.46. The van der Waals surface area contributed by atoms with Gasteiger partial charge in [-0.3, -0.25) is 0 Å². The van der Waals surface area contributed by atoms with Crippen molar-refractivity contribution in [3.63, 3.8) is 0 Å². The van der Waals surface area contributed by atoms with Gasteiger partial charge in [-0.25, -0.2) is 0 Å². The van der Waals surface area contributed by atoms with Crippen LogP contribution in [0.1, 0.15) is 46.0 Å². The quantitative estimate of drug-likeness (QED) is 0.539. The Labute approximate surface area is 77.1 Å². The third-order valence-electron chi connectivity index (χ3n) is 2.87. The van der Waals surface area contributed by atoms with Crippen LogP contribution >= 0.6 is 0 Å². The predicted octanol–water partition coefficient (Wildman–Crippen LogP) is 2.91. The molecule has 1 saturated carbocycles. The summed E-state index contributed by atoms with van der Waals surface area (Å²) in [7, 11) is 2.23. The maximum Gasteiger partial charge on any atom is 0.00474 e. The Hall–Kier alpha value is -0.0400. The molecule has 2 fully saturated rings. The van der Waals surface area contributed by atoms with E-state index in [1.54, 1.807) is 0 Å². The average molecular weight is 169 g/mol. The van der Waals surface area contributed by atoms with Crippen molar-refractivity contribution in [2.45, 2.75) is 46.0 Å². The van der Waals surface area contributed by atoms with Gasteiger partial charge in [-0.05, 0) is 25.3 Å². The van der Waals surface area contributed by atoms with E-state index in [2.05, 4.69) is 25.8 Å². The average Bonchev–Trinajstić information content (AvgIpc) is 2.37. The molecule has 1 aliphatic carbocycles. The summed E-state index contributed by atoms with van der Waals surface area (Å²) in [5.41, 5.74) is 0.814. The van der Waals surface area contributed by atoms with Gasteiger partial charge in [0, 0.05) is 13.1 Å². The standard InChI is InChI=1S/C8H15N.C3H8/c1-9-6-8(7-9)4-2-3-5-8;1-3-2/h2-7H2,1H3;3H2,1-2H3. The zero-order valence-corrected chi connectivity index (χ0v) is 8.90. The molecular formula is C11H23N. The lowest BCUT2D eigenvalue weighted by atomic mass is 9.79. The minimum Gasteiger partial charge on any atom is -0.305 e. The first-order chi connectivity index (χ1) is 5.72. The molecule has 1 nitrogen and oxygen atoms in total. The Morgan fingerprint density at radius 1 is 1.08 bits per heavy atom. The maximum absolute atomic E-state index is 2.44. The van der Waals surface area contributed by atoms with Crippen LogP contribution in [0.5, 0.6) is 0 Å². The minimum absolute atomic E-state index is 0.814. The van der Waals surface area contributed by atoms with Gasteiger partial charge in [0.05, 0.1) is 0 Å². The molecule has 1 saturated heterocycles. The van der Waals surface area contributed by atoms with Crippen molar-refractivity contribution in [3.8, 4) is 0 Å². The lowest BCUT2D eigenvalue weighted by molar-refractivity contribution is 0.0289. The van der Waals surface area contributed by atoms with Crippen molar-refractivity contribution in [2.24, 2.45) is 5.41 Å². The zero-order valence-electron chi connectivity index (χ0n) is 8.90. The zero-order chi connectivity index (χ0) is 9.03. The fraction of sp³-hybridized carbons (Fsp3) is 1.00. The second-order valence-corrected chi connectivity index (χ2v) is 4.59. The van der Waals surface area contributed by atoms with Crippen molar-refractivity contribution in [1.82, 2.24) is 4.90 Å². The number of rotatable bonds is 0. The second-order valence-electron chi connectivity index (χ2n) is 4.59. The molecule has 0 aromatic heterocycles. The summed E-state index contributed by atoms with van der Waals surface area (Å²) in [6.45, 7) is 7.01. The van der Waals surface area contributed by atoms with E-state index in [-0.39, 0.29) is 0 Å². The Bertz CT molecular complexity index is 117. The Morgan fingerprint density at radius 2 is 1.50 bits per heavy atom. The predicted molar refractivity (Wildman–Crippen MR) is 54.4 cm³/mol. The highest BCUT2D eigenvalue weighted by molar-refractivity contribution is 4.96. The van der Waals surface area contributed by atoms with Crippen LogP contribution in [0.25, 0.3) is 0 Å². The summed E-state index contributed by atoms with van der Waals surface area (Å²) in [5.74, 6) is 0. The van der Waals surface area contributed by atoms with Gasteiger partial charge in [0.1, 0.15) is 0 Å². The van der Waals surface area contributed by atoms with Crippen molar-refractivity contribution in [1.29, 1.82) is 0 Å². The molecule has 1 spiro atoms. The van der Waals surface area contributed by atoms with E-state index in [0.29, 0.717) is 0 Å². The molecule has 0 unspecified atom stereocenters. The van der Waals surface area contributed by atoms with Crippen molar-refractivity contribution < 1.29 is 0 Å². The van der Waals surface area contributed by atoms with Crippen molar-refractivity contribution in [3.05, 3.63) is 0 Å². The van der Waals surface area contributed by atoms with Crippen LogP contribution in [0.3, 0.4) is 0 Å². The largest absolute Gasteiger partial charge is 0.305 e. The highest BCUT2D eigenvalue weighted by Gasteiger charge is 2.42. The number of nitrogens with zero attached hydrogens (tertiary/aromatic N) is 1. The summed E-state index contributed by atoms with van der Waals surface area (Å²) >= 11 is 0. The molecule has 2 aliphatic rings. The van der Waals surface area contributed by atoms with Crippen LogP contribution < -0.4 is 0 Å². The Balaban J connectivity index is 0.000000213. The number of hydrogen-bond donors (Lipinski definition) is 0. The van der Waals surface area contributed by atoms with Crippen LogP contribution in [0.15, 0.2) is 0 Å². The van der Waals surface area contributed by atoms with Gasteiger partial charge in [0.15, 0.2) is 0 Å². The van der Waals surface area contributed by atoms with Gasteiger partial charge in [-0.15, -0.1) is 0 Å². The summed E-state index contributed by atoms with van der Waals surface area (Å²) < 4.78 is 0. The van der Waals surface area contributed by atoms with E-state index in [9.17, 15) is 0 Å². The Kier molecular flexibility index (Phi) is 3.57. The number of likely N-dealkylation sites (tertiary alicyclic amines) is 1. The van der Waals surface area contributed by atoms with Gasteiger partial charge < -0.3 is 4.90 Å². The Morgan fingerprint density at radius 3 is 1.83 bits per heavy atom. The molecule has 0 amide bonds. The molecule has 0 bridgehead atoms. The summed E-state index contributed by atoms with van der Waals surface area (Å²) in [4.78, 5) is 2.44. The molecule has 1 heterocycles. The normalized spacial score (nSPS) is 26.2. The second kappa shape index (κ2) is 4.27. The van der Waals surface area contributed by atoms with Gasteiger partial charge in [0.25, 0.3) is 0 Å². The first kappa shape index (κ1) is 10.0. The molecular weight excluding hydrogens is 146 g/mol. The summed E-state index contributed by atoms with van der Waals surface area (Å²) in [5, 5.41) is 0. The first-order valence-corrected chi connectivity index (χ1v) is 5.41. The molecule has 12 heavy (non-hydrogen) atoms. The van der Waals surface area contributed by atoms with Crippen LogP contribution in [0.4, 0.5) is 0 Å². The number of hydrogen-bond acceptors (Lipinski definition) is 1. The molecule has 0 N–H and O–H groups in total. The fourth-order valence-electron chi connectivity index (χ4n) is 2.54. The fourth-order valence-corrected chi connectivity index (χ4v) is 2.54. The van der Waals surface area contributed by atoms with E-state index in [0.717, 1.165) is 5.41 Å². The third-order valence-corrected chi connectivity index (χ3v) is 2.87. The van der Waals surface area contributed by atoms with E-state index >= 15 is 0 Å². The molecule has 0 aromatic carbocycles. The van der Waals surface area contributed by atoms with Crippen LogP contribution in [0, 0.1) is 5.41 Å². The van der Waals surface area contributed by atoms with E-state index in [1.807, 2.05) is 0 Å². The summed E-state index contributed by atoms with van der Waals surface area (Å²) in [6.07, 6.45) is 7.26. The molecule has 0 atom stereocenters. The minimum atomic E-state index is 0.814. The van der Waals surface area contributed by atoms with Gasteiger partial charge in [0.2, 0.25) is 0 Å². The van der Waals surface area contributed by atoms with Crippen LogP contribution in [0.2, 0.25) is 0 Å². The van der Waals surface area contributed by atoms with Crippen molar-refractivity contribution >= 4 is 0 Å². The molecule has 1 aliphatic heterocycles. The van der Waals surface area contributed by atoms with E-state index in [1.165, 1.54) is 45.2 Å². The molecule has 2 rings (SSSR count). The van der Waals surface area contributed by atoms with E-state index in [4.69, 9.17) is 0 Å². The topological polar surface area (TPSA) is 3.24 Å². The highest BCUT2D eigenvalue weighted by Crippen LogP contribution is 2.44. The maximum atomic E-state index is 2.44. The van der Waals surface area contributed by atoms with E-state index < -0.39 is 0 Å². The molecule has 0 aromatic rings. The molecule has 1 heteroatoms. The SMILES string of the molecule is CCC.CN1CC2(CCCC2)C1. The van der Waals surface area contributed by atoms with Crippen LogP contribution in [-0.4, -0.2) is 25.0 Å². The smallest absolute Gasteiger partial charge is 0.00474 e. The highest BCUT2D eigenvalue weighted by atomic mass is 15.2.